The van der Waals surface area contributed by atoms with E-state index in [-0.39, 0.29) is 5.91 Å². The third kappa shape index (κ3) is 4.55. The first-order chi connectivity index (χ1) is 14.7. The van der Waals surface area contributed by atoms with Crippen molar-refractivity contribution >= 4 is 44.5 Å². The zero-order valence-corrected chi connectivity index (χ0v) is 18.8. The van der Waals surface area contributed by atoms with Crippen LogP contribution in [0.2, 0.25) is 0 Å². The van der Waals surface area contributed by atoms with Crippen molar-refractivity contribution in [2.75, 3.05) is 19.4 Å². The van der Waals surface area contributed by atoms with E-state index in [1.54, 1.807) is 43.1 Å². The molecule has 0 unspecified atom stereocenters. The molecule has 4 aromatic rings. The molecule has 0 aliphatic carbocycles. The number of rotatable bonds is 7. The van der Waals surface area contributed by atoms with Crippen LogP contribution in [0.15, 0.2) is 82.2 Å². The molecular formula is C24H21BrN2O2S. The lowest BCUT2D eigenvalue weighted by Crippen LogP contribution is -2.25. The molecule has 0 saturated heterocycles. The number of carbonyl (C=O) groups is 1. The molecule has 152 valence electrons. The van der Waals surface area contributed by atoms with Crippen LogP contribution < -0.4 is 10.1 Å². The summed E-state index contributed by atoms with van der Waals surface area (Å²) in [6, 6.07) is 23.7. The van der Waals surface area contributed by atoms with Gasteiger partial charge < -0.3 is 15.0 Å². The Labute approximate surface area is 188 Å². The second-order valence-electron chi connectivity index (χ2n) is 6.71. The van der Waals surface area contributed by atoms with E-state index in [1.165, 1.54) is 10.3 Å². The third-order valence-corrected chi connectivity index (χ3v) is 6.43. The highest BCUT2D eigenvalue weighted by Gasteiger charge is 2.14. The van der Waals surface area contributed by atoms with Crippen molar-refractivity contribution in [2.45, 2.75) is 4.90 Å². The fourth-order valence-electron chi connectivity index (χ4n) is 3.25. The van der Waals surface area contributed by atoms with Crippen molar-refractivity contribution in [2.24, 2.45) is 0 Å². The first kappa shape index (κ1) is 20.6. The summed E-state index contributed by atoms with van der Waals surface area (Å²) in [6.45, 7) is 0.578. The van der Waals surface area contributed by atoms with Gasteiger partial charge in [-0.25, -0.2) is 0 Å². The molecule has 0 radical (unpaired) electrons. The van der Waals surface area contributed by atoms with Crippen LogP contribution in [-0.2, 0) is 0 Å². The number of para-hydroxylation sites is 1. The maximum absolute atomic E-state index is 12.4. The summed E-state index contributed by atoms with van der Waals surface area (Å²) in [5.41, 5.74) is 3.98. The predicted molar refractivity (Wildman–Crippen MR) is 127 cm³/mol. The van der Waals surface area contributed by atoms with Gasteiger partial charge in [-0.2, -0.15) is 0 Å². The smallest absolute Gasteiger partial charge is 0.251 e. The standard InChI is InChI=1S/C24H21BrN2O2S/c1-29-19-12-8-17(9-13-19)24(28)26-14-15-30-23-20-4-2-3-5-21(20)27-22(23)16-6-10-18(25)11-7-16/h2-13,27H,14-15H2,1H3,(H,26,28). The molecule has 1 aromatic heterocycles. The van der Waals surface area contributed by atoms with Crippen LogP contribution in [-0.4, -0.2) is 30.3 Å². The summed E-state index contributed by atoms with van der Waals surface area (Å²) in [6.07, 6.45) is 0. The highest BCUT2D eigenvalue weighted by atomic mass is 79.9. The third-order valence-electron chi connectivity index (χ3n) is 4.78. The maximum atomic E-state index is 12.4. The minimum Gasteiger partial charge on any atom is -0.497 e. The van der Waals surface area contributed by atoms with Gasteiger partial charge in [0.2, 0.25) is 0 Å². The van der Waals surface area contributed by atoms with Crippen molar-refractivity contribution < 1.29 is 9.53 Å². The lowest BCUT2D eigenvalue weighted by atomic mass is 10.1. The lowest BCUT2D eigenvalue weighted by Gasteiger charge is -2.08. The molecule has 0 fully saturated rings. The fraction of sp³-hybridized carbons (Fsp3) is 0.125. The predicted octanol–water partition coefficient (Wildman–Crippen LogP) is 6.13. The Balaban J connectivity index is 1.46. The van der Waals surface area contributed by atoms with Crippen LogP contribution >= 0.6 is 27.7 Å². The van der Waals surface area contributed by atoms with Gasteiger partial charge in [0, 0.05) is 38.1 Å². The normalized spacial score (nSPS) is 10.9. The zero-order valence-electron chi connectivity index (χ0n) is 16.4. The molecule has 4 nitrogen and oxygen atoms in total. The van der Waals surface area contributed by atoms with E-state index in [0.29, 0.717) is 12.1 Å². The van der Waals surface area contributed by atoms with Crippen LogP contribution in [0.3, 0.4) is 0 Å². The molecule has 4 rings (SSSR count). The van der Waals surface area contributed by atoms with Crippen LogP contribution in [0.1, 0.15) is 10.4 Å². The SMILES string of the molecule is COc1ccc(C(=O)NCCSc2c(-c3ccc(Br)cc3)[nH]c3ccccc23)cc1. The molecule has 0 aliphatic heterocycles. The van der Waals surface area contributed by atoms with Crippen molar-refractivity contribution in [1.82, 2.24) is 10.3 Å². The van der Waals surface area contributed by atoms with E-state index in [4.69, 9.17) is 4.74 Å². The molecule has 3 aromatic carbocycles. The summed E-state index contributed by atoms with van der Waals surface area (Å²) in [5.74, 6) is 1.43. The lowest BCUT2D eigenvalue weighted by molar-refractivity contribution is 0.0956. The van der Waals surface area contributed by atoms with E-state index in [2.05, 4.69) is 56.6 Å². The molecule has 0 atom stereocenters. The van der Waals surface area contributed by atoms with Gasteiger partial charge in [-0.3, -0.25) is 4.79 Å². The Hall–Kier alpha value is -2.70. The molecule has 0 aliphatic rings. The number of aromatic nitrogens is 1. The number of methoxy groups -OCH3 is 1. The number of carbonyl (C=O) groups excluding carboxylic acids is 1. The van der Waals surface area contributed by atoms with Gasteiger partial charge in [-0.05, 0) is 48.0 Å². The summed E-state index contributed by atoms with van der Waals surface area (Å²) in [5, 5.41) is 4.19. The largest absolute Gasteiger partial charge is 0.497 e. The summed E-state index contributed by atoms with van der Waals surface area (Å²) < 4.78 is 6.19. The number of ether oxygens (including phenoxy) is 1. The number of hydrogen-bond acceptors (Lipinski definition) is 3. The number of nitrogens with one attached hydrogen (secondary N) is 2. The Kier molecular flexibility index (Phi) is 6.45. The van der Waals surface area contributed by atoms with E-state index in [0.717, 1.165) is 32.7 Å². The quantitative estimate of drug-likeness (QED) is 0.247. The van der Waals surface area contributed by atoms with Gasteiger partial charge in [-0.15, -0.1) is 11.8 Å². The monoisotopic (exact) mass is 480 g/mol. The Morgan fingerprint density at radius 3 is 2.50 bits per heavy atom. The van der Waals surface area contributed by atoms with Crippen LogP contribution in [0.25, 0.3) is 22.2 Å². The van der Waals surface area contributed by atoms with Gasteiger partial charge in [0.15, 0.2) is 0 Å². The van der Waals surface area contributed by atoms with Crippen molar-refractivity contribution in [3.8, 4) is 17.0 Å². The second kappa shape index (κ2) is 9.41. The fourth-order valence-corrected chi connectivity index (χ4v) is 4.57. The van der Waals surface area contributed by atoms with Crippen LogP contribution in [0.5, 0.6) is 5.75 Å². The Morgan fingerprint density at radius 1 is 1.03 bits per heavy atom. The number of fused-ring (bicyclic) bond motifs is 1. The van der Waals surface area contributed by atoms with Gasteiger partial charge in [0.1, 0.15) is 5.75 Å². The molecule has 0 bridgehead atoms. The summed E-state index contributed by atoms with van der Waals surface area (Å²) >= 11 is 5.25. The highest BCUT2D eigenvalue weighted by Crippen LogP contribution is 2.37. The average Bonchev–Trinajstić information content (AvgIpc) is 3.15. The van der Waals surface area contributed by atoms with E-state index < -0.39 is 0 Å². The number of H-pyrrole nitrogens is 1. The van der Waals surface area contributed by atoms with E-state index in [9.17, 15) is 4.79 Å². The van der Waals surface area contributed by atoms with Gasteiger partial charge >= 0.3 is 0 Å². The molecule has 0 spiro atoms. The van der Waals surface area contributed by atoms with Crippen molar-refractivity contribution in [1.29, 1.82) is 0 Å². The number of halogens is 1. The van der Waals surface area contributed by atoms with Gasteiger partial charge in [0.25, 0.3) is 5.91 Å². The number of benzene rings is 3. The first-order valence-electron chi connectivity index (χ1n) is 9.57. The summed E-state index contributed by atoms with van der Waals surface area (Å²) in [7, 11) is 1.61. The molecule has 0 saturated carbocycles. The van der Waals surface area contributed by atoms with E-state index in [1.807, 2.05) is 18.2 Å². The van der Waals surface area contributed by atoms with Gasteiger partial charge in [-0.1, -0.05) is 46.3 Å². The minimum absolute atomic E-state index is 0.0784. The summed E-state index contributed by atoms with van der Waals surface area (Å²) in [4.78, 5) is 17.1. The number of aromatic amines is 1. The zero-order chi connectivity index (χ0) is 20.9. The van der Waals surface area contributed by atoms with Crippen molar-refractivity contribution in [3.63, 3.8) is 0 Å². The second-order valence-corrected chi connectivity index (χ2v) is 8.74. The number of amides is 1. The van der Waals surface area contributed by atoms with Crippen molar-refractivity contribution in [3.05, 3.63) is 82.8 Å². The Bertz CT molecular complexity index is 1150. The van der Waals surface area contributed by atoms with Crippen LogP contribution in [0, 0.1) is 0 Å². The number of hydrogen-bond donors (Lipinski definition) is 2. The van der Waals surface area contributed by atoms with Gasteiger partial charge in [0.05, 0.1) is 12.8 Å². The molecule has 1 heterocycles. The first-order valence-corrected chi connectivity index (χ1v) is 11.4. The molecular weight excluding hydrogens is 460 g/mol. The Morgan fingerprint density at radius 2 is 1.77 bits per heavy atom. The molecule has 6 heteroatoms. The maximum Gasteiger partial charge on any atom is 0.251 e. The number of thioether (sulfide) groups is 1. The highest BCUT2D eigenvalue weighted by molar-refractivity contribution is 9.10. The van der Waals surface area contributed by atoms with Crippen LogP contribution in [0.4, 0.5) is 0 Å². The topological polar surface area (TPSA) is 54.1 Å². The average molecular weight is 481 g/mol. The van der Waals surface area contributed by atoms with E-state index >= 15 is 0 Å². The molecule has 2 N–H and O–H groups in total. The molecule has 30 heavy (non-hydrogen) atoms. The molecule has 1 amide bonds. The minimum atomic E-state index is -0.0784.